The highest BCUT2D eigenvalue weighted by Crippen LogP contribution is 2.29. The van der Waals surface area contributed by atoms with Gasteiger partial charge in [-0.05, 0) is 18.6 Å². The van der Waals surface area contributed by atoms with Gasteiger partial charge in [-0.3, -0.25) is 4.98 Å². The molecule has 0 saturated carbocycles. The van der Waals surface area contributed by atoms with Crippen LogP contribution < -0.4 is 9.80 Å². The van der Waals surface area contributed by atoms with Crippen LogP contribution >= 0.6 is 11.3 Å². The Kier molecular flexibility index (Phi) is 4.76. The Balaban J connectivity index is 1.70. The molecule has 1 aliphatic heterocycles. The van der Waals surface area contributed by atoms with E-state index in [4.69, 9.17) is 4.74 Å². The van der Waals surface area contributed by atoms with Gasteiger partial charge in [0.2, 0.25) is 0 Å². The van der Waals surface area contributed by atoms with Crippen molar-refractivity contribution in [2.24, 2.45) is 0 Å². The summed E-state index contributed by atoms with van der Waals surface area (Å²) < 4.78 is 4.85. The van der Waals surface area contributed by atoms with Gasteiger partial charge in [0, 0.05) is 44.3 Å². The molecule has 2 aromatic heterocycles. The van der Waals surface area contributed by atoms with Gasteiger partial charge < -0.3 is 14.5 Å². The Morgan fingerprint density at radius 3 is 2.48 bits per heavy atom. The van der Waals surface area contributed by atoms with Crippen molar-refractivity contribution in [2.75, 3.05) is 43.1 Å². The van der Waals surface area contributed by atoms with E-state index in [0.29, 0.717) is 4.88 Å². The largest absolute Gasteiger partial charge is 0.465 e. The molecule has 0 unspecified atom stereocenters. The zero-order valence-electron chi connectivity index (χ0n) is 13.4. The van der Waals surface area contributed by atoms with Crippen molar-refractivity contribution in [3.63, 3.8) is 0 Å². The predicted molar refractivity (Wildman–Crippen MR) is 91.5 cm³/mol. The number of rotatable bonds is 4. The second-order valence-corrected chi connectivity index (χ2v) is 6.27. The number of aryl methyl sites for hydroxylation is 1. The van der Waals surface area contributed by atoms with Gasteiger partial charge >= 0.3 is 5.97 Å². The topological polar surface area (TPSA) is 58.6 Å². The fraction of sp³-hybridized carbons (Fsp3) is 0.438. The lowest BCUT2D eigenvalue weighted by Crippen LogP contribution is -2.46. The van der Waals surface area contributed by atoms with E-state index in [-0.39, 0.29) is 5.97 Å². The van der Waals surface area contributed by atoms with Crippen LogP contribution in [0.25, 0.3) is 0 Å². The third-order valence-corrected chi connectivity index (χ3v) is 5.11. The summed E-state index contributed by atoms with van der Waals surface area (Å²) in [7, 11) is 1.41. The number of esters is 1. The quantitative estimate of drug-likeness (QED) is 0.800. The van der Waals surface area contributed by atoms with Crippen molar-refractivity contribution in [3.8, 4) is 0 Å². The smallest absolute Gasteiger partial charge is 0.350 e. The van der Waals surface area contributed by atoms with Crippen LogP contribution in [-0.4, -0.2) is 49.2 Å². The second kappa shape index (κ2) is 6.95. The minimum absolute atomic E-state index is 0.291. The van der Waals surface area contributed by atoms with E-state index in [1.807, 2.05) is 31.5 Å². The highest BCUT2D eigenvalue weighted by atomic mass is 32.1. The molecule has 1 fully saturated rings. The summed E-state index contributed by atoms with van der Waals surface area (Å²) in [4.78, 5) is 25.7. The maximum Gasteiger partial charge on any atom is 0.350 e. The van der Waals surface area contributed by atoms with Crippen LogP contribution in [0, 0.1) is 0 Å². The molecule has 0 radical (unpaired) electrons. The van der Waals surface area contributed by atoms with E-state index in [9.17, 15) is 4.79 Å². The van der Waals surface area contributed by atoms with Crippen molar-refractivity contribution in [1.82, 2.24) is 9.97 Å². The molecule has 2 aromatic rings. The molecule has 1 saturated heterocycles. The standard InChI is InChI=1S/C16H20N4O2S/c1-3-13-14(15(21)22-2)23-16(18-13)20-10-8-19(9-11-20)12-4-6-17-7-5-12/h4-7H,3,8-11H2,1-2H3. The van der Waals surface area contributed by atoms with Gasteiger partial charge in [0.1, 0.15) is 4.88 Å². The summed E-state index contributed by atoms with van der Waals surface area (Å²) in [6.07, 6.45) is 4.37. The molecular formula is C16H20N4O2S. The third kappa shape index (κ3) is 3.29. The Morgan fingerprint density at radius 2 is 1.87 bits per heavy atom. The zero-order valence-corrected chi connectivity index (χ0v) is 14.2. The molecule has 0 aliphatic carbocycles. The van der Waals surface area contributed by atoms with Crippen LogP contribution in [0.5, 0.6) is 0 Å². The minimum atomic E-state index is -0.291. The molecule has 3 rings (SSSR count). The summed E-state index contributed by atoms with van der Waals surface area (Å²) in [6, 6.07) is 4.06. The molecule has 0 spiro atoms. The fourth-order valence-electron chi connectivity index (χ4n) is 2.68. The van der Waals surface area contributed by atoms with Gasteiger partial charge in [-0.25, -0.2) is 9.78 Å². The zero-order chi connectivity index (χ0) is 16.2. The number of pyridine rings is 1. The molecule has 0 aromatic carbocycles. The molecule has 1 aliphatic rings. The van der Waals surface area contributed by atoms with Crippen molar-refractivity contribution < 1.29 is 9.53 Å². The monoisotopic (exact) mass is 332 g/mol. The lowest BCUT2D eigenvalue weighted by molar-refractivity contribution is 0.0605. The van der Waals surface area contributed by atoms with Crippen LogP contribution in [0.1, 0.15) is 22.3 Å². The lowest BCUT2D eigenvalue weighted by atomic mass is 10.3. The van der Waals surface area contributed by atoms with E-state index in [0.717, 1.165) is 43.4 Å². The number of hydrogen-bond acceptors (Lipinski definition) is 7. The van der Waals surface area contributed by atoms with Gasteiger partial charge in [0.25, 0.3) is 0 Å². The summed E-state index contributed by atoms with van der Waals surface area (Å²) in [5.41, 5.74) is 2.02. The number of carbonyl (C=O) groups is 1. The summed E-state index contributed by atoms with van der Waals surface area (Å²) in [5, 5.41) is 0.914. The number of hydrogen-bond donors (Lipinski definition) is 0. The Morgan fingerprint density at radius 1 is 1.22 bits per heavy atom. The number of piperazine rings is 1. The van der Waals surface area contributed by atoms with Crippen molar-refractivity contribution >= 4 is 28.1 Å². The molecule has 3 heterocycles. The number of methoxy groups -OCH3 is 1. The predicted octanol–water partition coefficient (Wildman–Crippen LogP) is 2.21. The number of thiazole rings is 1. The van der Waals surface area contributed by atoms with Gasteiger partial charge in [-0.1, -0.05) is 18.3 Å². The molecule has 0 bridgehead atoms. The molecule has 23 heavy (non-hydrogen) atoms. The Labute approximate surface area is 139 Å². The SMILES string of the molecule is CCc1nc(N2CCN(c3ccncc3)CC2)sc1C(=O)OC. The first-order valence-corrected chi connectivity index (χ1v) is 8.52. The first-order chi connectivity index (χ1) is 11.2. The number of nitrogens with zero attached hydrogens (tertiary/aromatic N) is 4. The third-order valence-electron chi connectivity index (χ3n) is 3.97. The summed E-state index contributed by atoms with van der Waals surface area (Å²) in [5.74, 6) is -0.291. The maximum absolute atomic E-state index is 11.8. The van der Waals surface area contributed by atoms with Crippen molar-refractivity contribution in [1.29, 1.82) is 0 Å². The summed E-state index contributed by atoms with van der Waals surface area (Å²) >= 11 is 1.43. The highest BCUT2D eigenvalue weighted by Gasteiger charge is 2.23. The number of ether oxygens (including phenoxy) is 1. The molecule has 0 amide bonds. The average Bonchev–Trinajstić information content (AvgIpc) is 3.06. The molecule has 6 nitrogen and oxygen atoms in total. The van der Waals surface area contributed by atoms with E-state index in [1.165, 1.54) is 24.1 Å². The average molecular weight is 332 g/mol. The fourth-order valence-corrected chi connectivity index (χ4v) is 3.80. The van der Waals surface area contributed by atoms with Crippen molar-refractivity contribution in [3.05, 3.63) is 35.1 Å². The van der Waals surface area contributed by atoms with E-state index in [1.54, 1.807) is 0 Å². The van der Waals surface area contributed by atoms with Crippen LogP contribution in [0.3, 0.4) is 0 Å². The second-order valence-electron chi connectivity index (χ2n) is 5.30. The van der Waals surface area contributed by atoms with Crippen LogP contribution in [-0.2, 0) is 11.2 Å². The number of carbonyl (C=O) groups excluding carboxylic acids is 1. The molecule has 0 atom stereocenters. The molecule has 0 N–H and O–H groups in total. The van der Waals surface area contributed by atoms with E-state index < -0.39 is 0 Å². The number of aromatic nitrogens is 2. The van der Waals surface area contributed by atoms with Gasteiger partial charge in [-0.15, -0.1) is 0 Å². The van der Waals surface area contributed by atoms with Crippen molar-refractivity contribution in [2.45, 2.75) is 13.3 Å². The first-order valence-electron chi connectivity index (χ1n) is 7.71. The highest BCUT2D eigenvalue weighted by molar-refractivity contribution is 7.17. The van der Waals surface area contributed by atoms with Gasteiger partial charge in [0.05, 0.1) is 12.8 Å². The maximum atomic E-state index is 11.8. The Hall–Kier alpha value is -2.15. The van der Waals surface area contributed by atoms with Crippen LogP contribution in [0.4, 0.5) is 10.8 Å². The minimum Gasteiger partial charge on any atom is -0.465 e. The van der Waals surface area contributed by atoms with E-state index in [2.05, 4.69) is 19.8 Å². The Bertz CT molecular complexity index is 666. The molecular weight excluding hydrogens is 312 g/mol. The summed E-state index contributed by atoms with van der Waals surface area (Å²) in [6.45, 7) is 5.64. The molecule has 122 valence electrons. The van der Waals surface area contributed by atoms with E-state index >= 15 is 0 Å². The van der Waals surface area contributed by atoms with Crippen LogP contribution in [0.15, 0.2) is 24.5 Å². The normalized spacial score (nSPS) is 14.9. The lowest BCUT2D eigenvalue weighted by Gasteiger charge is -2.35. The first kappa shape index (κ1) is 15.7. The molecule has 7 heteroatoms. The number of anilines is 2. The van der Waals surface area contributed by atoms with Crippen LogP contribution in [0.2, 0.25) is 0 Å². The van der Waals surface area contributed by atoms with Gasteiger partial charge in [0.15, 0.2) is 5.13 Å². The van der Waals surface area contributed by atoms with Gasteiger partial charge in [-0.2, -0.15) is 0 Å².